The number of carbonyl (C=O) groups is 1. The molecule has 0 atom stereocenters. The van der Waals surface area contributed by atoms with Crippen LogP contribution in [-0.2, 0) is 12.8 Å². The van der Waals surface area contributed by atoms with E-state index in [2.05, 4.69) is 11.8 Å². The van der Waals surface area contributed by atoms with Crippen LogP contribution in [-0.4, -0.2) is 53.4 Å². The van der Waals surface area contributed by atoms with Gasteiger partial charge >= 0.3 is 0 Å². The predicted molar refractivity (Wildman–Crippen MR) is 96.8 cm³/mol. The third-order valence-corrected chi connectivity index (χ3v) is 5.73. The lowest BCUT2D eigenvalue weighted by molar-refractivity contribution is 0.0643. The van der Waals surface area contributed by atoms with Crippen LogP contribution in [0.2, 0.25) is 5.02 Å². The molecule has 1 aliphatic heterocycles. The van der Waals surface area contributed by atoms with Crippen molar-refractivity contribution in [3.8, 4) is 0 Å². The number of fused-ring (bicyclic) bond motifs is 2. The minimum atomic E-state index is 0.103. The van der Waals surface area contributed by atoms with Crippen molar-refractivity contribution in [3.05, 3.63) is 40.0 Å². The van der Waals surface area contributed by atoms with Crippen LogP contribution in [0.3, 0.4) is 0 Å². The molecule has 1 amide bonds. The monoisotopic (exact) mass is 343 g/mol. The number of aryl methyl sites for hydroxylation is 1. The summed E-state index contributed by atoms with van der Waals surface area (Å²) in [5.74, 6) is 0.103. The van der Waals surface area contributed by atoms with Crippen LogP contribution >= 0.6 is 11.6 Å². The molecule has 0 N–H and O–H groups in total. The smallest absolute Gasteiger partial charge is 0.254 e. The molecule has 0 saturated carbocycles. The average Bonchev–Trinajstić information content (AvgIpc) is 3.09. The molecule has 0 spiro atoms. The Hall–Kier alpha value is -1.65. The van der Waals surface area contributed by atoms with E-state index in [1.807, 2.05) is 23.1 Å². The minimum absolute atomic E-state index is 0.103. The molecular weight excluding hydrogens is 322 g/mol. The van der Waals surface area contributed by atoms with E-state index in [0.717, 1.165) is 73.6 Å². The Labute approximate surface area is 147 Å². The Morgan fingerprint density at radius 3 is 2.75 bits per heavy atom. The van der Waals surface area contributed by atoms with Gasteiger partial charge in [-0.1, -0.05) is 24.6 Å². The van der Waals surface area contributed by atoms with Gasteiger partial charge in [-0.3, -0.25) is 9.78 Å². The molecule has 0 radical (unpaired) electrons. The molecule has 2 heterocycles. The molecule has 1 aromatic carbocycles. The van der Waals surface area contributed by atoms with Crippen molar-refractivity contribution in [1.29, 1.82) is 0 Å². The highest BCUT2D eigenvalue weighted by Gasteiger charge is 2.23. The van der Waals surface area contributed by atoms with Gasteiger partial charge in [-0.2, -0.15) is 0 Å². The summed E-state index contributed by atoms with van der Waals surface area (Å²) in [4.78, 5) is 21.9. The lowest BCUT2D eigenvalue weighted by Gasteiger charge is -2.34. The molecule has 0 unspecified atom stereocenters. The number of pyridine rings is 1. The predicted octanol–water partition coefficient (Wildman–Crippen LogP) is 3.15. The zero-order chi connectivity index (χ0) is 16.7. The molecule has 1 fully saturated rings. The van der Waals surface area contributed by atoms with E-state index in [1.54, 1.807) is 0 Å². The van der Waals surface area contributed by atoms with Gasteiger partial charge < -0.3 is 9.80 Å². The second kappa shape index (κ2) is 6.34. The van der Waals surface area contributed by atoms with Crippen LogP contribution in [0.5, 0.6) is 0 Å². The molecule has 4 rings (SSSR count). The van der Waals surface area contributed by atoms with E-state index in [9.17, 15) is 4.79 Å². The van der Waals surface area contributed by atoms with Gasteiger partial charge in [0.05, 0.1) is 10.5 Å². The van der Waals surface area contributed by atoms with Gasteiger partial charge in [-0.15, -0.1) is 0 Å². The van der Waals surface area contributed by atoms with E-state index in [0.29, 0.717) is 5.56 Å². The van der Waals surface area contributed by atoms with Crippen molar-refractivity contribution in [3.63, 3.8) is 0 Å². The number of piperazine rings is 1. The summed E-state index contributed by atoms with van der Waals surface area (Å²) in [6.07, 6.45) is 3.12. The first-order valence-corrected chi connectivity index (χ1v) is 9.18. The Bertz CT molecular complexity index is 797. The number of hydrogen-bond acceptors (Lipinski definition) is 3. The second-order valence-corrected chi connectivity index (χ2v) is 7.04. The molecule has 1 aromatic heterocycles. The molecule has 4 nitrogen and oxygen atoms in total. The standard InChI is InChI=1S/C19H22ClN3O/c1-2-22-8-10-23(11-9-22)19(24)13-6-7-15-17(12-13)21-16-5-3-4-14(16)18(15)20/h6-7,12H,2-5,8-11H2,1H3. The highest BCUT2D eigenvalue weighted by Crippen LogP contribution is 2.33. The maximum Gasteiger partial charge on any atom is 0.254 e. The van der Waals surface area contributed by atoms with Gasteiger partial charge in [-0.25, -0.2) is 0 Å². The van der Waals surface area contributed by atoms with E-state index < -0.39 is 0 Å². The number of likely N-dealkylation sites (N-methyl/N-ethyl adjacent to an activating group) is 1. The summed E-state index contributed by atoms with van der Waals surface area (Å²) in [5.41, 5.74) is 3.86. The lowest BCUT2D eigenvalue weighted by atomic mass is 10.1. The number of nitrogens with zero attached hydrogens (tertiary/aromatic N) is 3. The fraction of sp³-hybridized carbons (Fsp3) is 0.474. The van der Waals surface area contributed by atoms with Crippen molar-refractivity contribution in [2.24, 2.45) is 0 Å². The SMILES string of the molecule is CCN1CCN(C(=O)c2ccc3c(Cl)c4c(nc3c2)CCC4)CC1. The van der Waals surface area contributed by atoms with Gasteiger partial charge in [0.15, 0.2) is 0 Å². The topological polar surface area (TPSA) is 36.4 Å². The molecule has 2 aliphatic rings. The molecule has 0 bridgehead atoms. The fourth-order valence-electron chi connectivity index (χ4n) is 3.79. The van der Waals surface area contributed by atoms with Crippen molar-refractivity contribution < 1.29 is 4.79 Å². The van der Waals surface area contributed by atoms with Crippen molar-refractivity contribution in [2.45, 2.75) is 26.2 Å². The van der Waals surface area contributed by atoms with E-state index >= 15 is 0 Å². The fourth-order valence-corrected chi connectivity index (χ4v) is 4.15. The number of benzene rings is 1. The molecule has 2 aromatic rings. The summed E-state index contributed by atoms with van der Waals surface area (Å²) in [7, 11) is 0. The summed E-state index contributed by atoms with van der Waals surface area (Å²) >= 11 is 6.56. The lowest BCUT2D eigenvalue weighted by Crippen LogP contribution is -2.48. The van der Waals surface area contributed by atoms with Gasteiger partial charge in [-0.05, 0) is 43.5 Å². The molecule has 126 valence electrons. The first-order valence-electron chi connectivity index (χ1n) is 8.80. The molecule has 5 heteroatoms. The quantitative estimate of drug-likeness (QED) is 0.840. The van der Waals surface area contributed by atoms with E-state index in [-0.39, 0.29) is 5.91 Å². The molecule has 1 saturated heterocycles. The van der Waals surface area contributed by atoms with Gasteiger partial charge in [0, 0.05) is 42.8 Å². The number of carbonyl (C=O) groups excluding carboxylic acids is 1. The molecular formula is C19H22ClN3O. The maximum absolute atomic E-state index is 12.8. The second-order valence-electron chi connectivity index (χ2n) is 6.66. The number of rotatable bonds is 2. The Morgan fingerprint density at radius 1 is 1.21 bits per heavy atom. The minimum Gasteiger partial charge on any atom is -0.336 e. The van der Waals surface area contributed by atoms with Crippen LogP contribution in [0.4, 0.5) is 0 Å². The van der Waals surface area contributed by atoms with Crippen molar-refractivity contribution in [2.75, 3.05) is 32.7 Å². The zero-order valence-electron chi connectivity index (χ0n) is 14.0. The molecule has 24 heavy (non-hydrogen) atoms. The molecule has 1 aliphatic carbocycles. The van der Waals surface area contributed by atoms with Crippen LogP contribution in [0.1, 0.15) is 35.0 Å². The average molecular weight is 344 g/mol. The number of hydrogen-bond donors (Lipinski definition) is 0. The van der Waals surface area contributed by atoms with Crippen molar-refractivity contribution in [1.82, 2.24) is 14.8 Å². The van der Waals surface area contributed by atoms with Gasteiger partial charge in [0.2, 0.25) is 0 Å². The zero-order valence-corrected chi connectivity index (χ0v) is 14.8. The largest absolute Gasteiger partial charge is 0.336 e. The van der Waals surface area contributed by atoms with Crippen LogP contribution in [0.15, 0.2) is 18.2 Å². The number of halogens is 1. The van der Waals surface area contributed by atoms with Crippen LogP contribution < -0.4 is 0 Å². The highest BCUT2D eigenvalue weighted by molar-refractivity contribution is 6.36. The van der Waals surface area contributed by atoms with Crippen LogP contribution in [0.25, 0.3) is 10.9 Å². The van der Waals surface area contributed by atoms with Gasteiger partial charge in [0.1, 0.15) is 0 Å². The Kier molecular flexibility index (Phi) is 4.19. The van der Waals surface area contributed by atoms with E-state index in [1.165, 1.54) is 5.56 Å². The van der Waals surface area contributed by atoms with Crippen LogP contribution in [0, 0.1) is 0 Å². The Balaban J connectivity index is 1.63. The first kappa shape index (κ1) is 15.9. The summed E-state index contributed by atoms with van der Waals surface area (Å²) in [6, 6.07) is 5.76. The third-order valence-electron chi connectivity index (χ3n) is 5.30. The van der Waals surface area contributed by atoms with E-state index in [4.69, 9.17) is 16.6 Å². The first-order chi connectivity index (χ1) is 11.7. The summed E-state index contributed by atoms with van der Waals surface area (Å²) in [5, 5.41) is 1.78. The summed E-state index contributed by atoms with van der Waals surface area (Å²) < 4.78 is 0. The highest BCUT2D eigenvalue weighted by atomic mass is 35.5. The third kappa shape index (κ3) is 2.68. The normalized spacial score (nSPS) is 18.2. The van der Waals surface area contributed by atoms with Crippen molar-refractivity contribution >= 4 is 28.4 Å². The Morgan fingerprint density at radius 2 is 2.00 bits per heavy atom. The maximum atomic E-state index is 12.8. The van der Waals surface area contributed by atoms with Gasteiger partial charge in [0.25, 0.3) is 5.91 Å². The summed E-state index contributed by atoms with van der Waals surface area (Å²) in [6.45, 7) is 6.70. The number of aromatic nitrogens is 1. The number of amides is 1.